The van der Waals surface area contributed by atoms with E-state index in [2.05, 4.69) is 19.7 Å². The first-order valence-corrected chi connectivity index (χ1v) is 12.6. The number of halogens is 3. The van der Waals surface area contributed by atoms with Crippen molar-refractivity contribution in [1.29, 1.82) is 0 Å². The molecule has 5 rings (SSSR count). The van der Waals surface area contributed by atoms with E-state index >= 15 is 0 Å². The van der Waals surface area contributed by atoms with Crippen LogP contribution < -0.4 is 9.46 Å². The molecule has 0 saturated heterocycles. The molecule has 3 aromatic carbocycles. The van der Waals surface area contributed by atoms with Crippen LogP contribution in [-0.4, -0.2) is 30.5 Å². The molecule has 5 aromatic rings. The molecule has 11 heteroatoms. The number of nitrogens with zero attached hydrogens (tertiary/aromatic N) is 3. The van der Waals surface area contributed by atoms with E-state index in [-0.39, 0.29) is 10.8 Å². The predicted molar refractivity (Wildman–Crippen MR) is 137 cm³/mol. The molecule has 0 aliphatic rings. The molecule has 2 heterocycles. The van der Waals surface area contributed by atoms with Crippen molar-refractivity contribution in [1.82, 2.24) is 15.0 Å². The molecule has 0 fully saturated rings. The molecule has 0 unspecified atom stereocenters. The van der Waals surface area contributed by atoms with Crippen LogP contribution in [0.1, 0.15) is 0 Å². The fraction of sp³-hybridized carbons (Fsp3) is 0.0385. The van der Waals surface area contributed by atoms with Gasteiger partial charge in [-0.3, -0.25) is 4.98 Å². The maximum absolute atomic E-state index is 13.8. The van der Waals surface area contributed by atoms with Crippen LogP contribution >= 0.6 is 11.6 Å². The number of hydrogen-bond donors (Lipinski definition) is 1. The lowest BCUT2D eigenvalue weighted by Crippen LogP contribution is -2.15. The summed E-state index contributed by atoms with van der Waals surface area (Å²) in [5.41, 5.74) is 2.27. The van der Waals surface area contributed by atoms with Gasteiger partial charge in [0.15, 0.2) is 5.82 Å². The average molecular weight is 539 g/mol. The third-order valence-corrected chi connectivity index (χ3v) is 7.21. The largest absolute Gasteiger partial charge is 0.496 e. The van der Waals surface area contributed by atoms with E-state index in [1.165, 1.54) is 31.4 Å². The first kappa shape index (κ1) is 24.5. The number of rotatable bonds is 6. The third-order valence-electron chi connectivity index (χ3n) is 5.57. The van der Waals surface area contributed by atoms with Crippen LogP contribution in [0, 0.1) is 11.6 Å². The zero-order valence-electron chi connectivity index (χ0n) is 19.1. The first-order valence-electron chi connectivity index (χ1n) is 10.8. The lowest BCUT2D eigenvalue weighted by molar-refractivity contribution is 0.416. The molecule has 2 aromatic heterocycles. The SMILES string of the molecule is COc1cc(-c2cccc(F)c2)c(Cl)cc1-c1nccc2cc(S(=O)(=O)Nc3ncc(F)cn3)ccc12. The predicted octanol–water partition coefficient (Wildman–Crippen LogP) is 6.10. The molecule has 0 aliphatic carbocycles. The van der Waals surface area contributed by atoms with Crippen molar-refractivity contribution < 1.29 is 21.9 Å². The molecule has 7 nitrogen and oxygen atoms in total. The van der Waals surface area contributed by atoms with Crippen LogP contribution in [0.4, 0.5) is 14.7 Å². The van der Waals surface area contributed by atoms with Gasteiger partial charge in [-0.05, 0) is 53.4 Å². The van der Waals surface area contributed by atoms with E-state index in [0.29, 0.717) is 43.9 Å². The molecular formula is C26H17ClF2N4O3S. The van der Waals surface area contributed by atoms with Gasteiger partial charge in [-0.2, -0.15) is 0 Å². The number of nitrogens with one attached hydrogen (secondary N) is 1. The number of aromatic nitrogens is 3. The summed E-state index contributed by atoms with van der Waals surface area (Å²) in [5.74, 6) is -0.878. The van der Waals surface area contributed by atoms with Crippen molar-refractivity contribution in [3.05, 3.63) is 95.9 Å². The Hall–Kier alpha value is -4.15. The molecule has 0 spiro atoms. The summed E-state index contributed by atoms with van der Waals surface area (Å²) in [6, 6.07) is 15.6. The molecule has 0 radical (unpaired) electrons. The standard InChI is InChI=1S/C26H17ClF2N4O3S/c1-36-24-12-21(15-3-2-4-17(28)9-15)23(27)11-22(24)25-20-6-5-19(10-16(20)7-8-30-25)37(34,35)33-26-31-13-18(29)14-32-26/h2-14H,1H3,(H,31,32,33). The fourth-order valence-corrected chi connectivity index (χ4v) is 5.13. The second-order valence-electron chi connectivity index (χ2n) is 7.92. The highest BCUT2D eigenvalue weighted by Gasteiger charge is 2.19. The van der Waals surface area contributed by atoms with Crippen LogP contribution in [-0.2, 0) is 10.0 Å². The molecule has 0 saturated carbocycles. The minimum absolute atomic E-state index is 0.0449. The lowest BCUT2D eigenvalue weighted by atomic mass is 9.98. The van der Waals surface area contributed by atoms with Crippen LogP contribution in [0.25, 0.3) is 33.2 Å². The Kier molecular flexibility index (Phi) is 6.45. The number of pyridine rings is 1. The minimum Gasteiger partial charge on any atom is -0.496 e. The monoisotopic (exact) mass is 538 g/mol. The van der Waals surface area contributed by atoms with Crippen molar-refractivity contribution >= 4 is 38.3 Å². The maximum Gasteiger partial charge on any atom is 0.264 e. The summed E-state index contributed by atoms with van der Waals surface area (Å²) in [4.78, 5) is 11.7. The smallest absolute Gasteiger partial charge is 0.264 e. The highest BCUT2D eigenvalue weighted by molar-refractivity contribution is 7.92. The zero-order chi connectivity index (χ0) is 26.2. The summed E-state index contributed by atoms with van der Waals surface area (Å²) in [5, 5.41) is 1.59. The number of fused-ring (bicyclic) bond motifs is 1. The van der Waals surface area contributed by atoms with Crippen molar-refractivity contribution in [2.24, 2.45) is 0 Å². The van der Waals surface area contributed by atoms with Crippen LogP contribution in [0.15, 0.2) is 84.1 Å². The highest BCUT2D eigenvalue weighted by Crippen LogP contribution is 2.41. The van der Waals surface area contributed by atoms with Gasteiger partial charge in [0.05, 0.1) is 30.1 Å². The normalized spacial score (nSPS) is 11.5. The minimum atomic E-state index is -4.05. The van der Waals surface area contributed by atoms with Crippen molar-refractivity contribution in [3.63, 3.8) is 0 Å². The molecule has 1 N–H and O–H groups in total. The number of ether oxygens (including phenoxy) is 1. The molecule has 186 valence electrons. The van der Waals surface area contributed by atoms with E-state index < -0.39 is 21.7 Å². The van der Waals surface area contributed by atoms with Crippen molar-refractivity contribution in [2.75, 3.05) is 11.8 Å². The second kappa shape index (κ2) is 9.72. The summed E-state index contributed by atoms with van der Waals surface area (Å²) < 4.78 is 60.4. The van der Waals surface area contributed by atoms with Gasteiger partial charge in [-0.25, -0.2) is 31.9 Å². The molecule has 37 heavy (non-hydrogen) atoms. The summed E-state index contributed by atoms with van der Waals surface area (Å²) in [6.07, 6.45) is 3.26. The second-order valence-corrected chi connectivity index (χ2v) is 10.0. The van der Waals surface area contributed by atoms with Crippen LogP contribution in [0.2, 0.25) is 5.02 Å². The third kappa shape index (κ3) is 4.93. The van der Waals surface area contributed by atoms with Gasteiger partial charge in [-0.1, -0.05) is 29.8 Å². The van der Waals surface area contributed by atoms with E-state index in [4.69, 9.17) is 16.3 Å². The first-order chi connectivity index (χ1) is 17.7. The quantitative estimate of drug-likeness (QED) is 0.281. The van der Waals surface area contributed by atoms with Gasteiger partial charge >= 0.3 is 0 Å². The van der Waals surface area contributed by atoms with E-state index in [1.54, 1.807) is 42.6 Å². The Labute approximate surface area is 215 Å². The van der Waals surface area contributed by atoms with Gasteiger partial charge in [0.25, 0.3) is 10.0 Å². The summed E-state index contributed by atoms with van der Waals surface area (Å²) in [7, 11) is -2.55. The Morgan fingerprint density at radius 1 is 0.892 bits per heavy atom. The maximum atomic E-state index is 13.8. The van der Waals surface area contributed by atoms with Gasteiger partial charge in [0, 0.05) is 27.7 Å². The van der Waals surface area contributed by atoms with Gasteiger partial charge in [-0.15, -0.1) is 0 Å². The van der Waals surface area contributed by atoms with Crippen LogP contribution in [0.5, 0.6) is 5.75 Å². The average Bonchev–Trinajstić information content (AvgIpc) is 2.89. The van der Waals surface area contributed by atoms with Crippen LogP contribution in [0.3, 0.4) is 0 Å². The Balaban J connectivity index is 1.57. The Morgan fingerprint density at radius 3 is 2.41 bits per heavy atom. The molecule has 0 aliphatic heterocycles. The molecule has 0 amide bonds. The van der Waals surface area contributed by atoms with E-state index in [9.17, 15) is 17.2 Å². The summed E-state index contributed by atoms with van der Waals surface area (Å²) in [6.45, 7) is 0. The number of methoxy groups -OCH3 is 1. The lowest BCUT2D eigenvalue weighted by Gasteiger charge is -2.15. The number of benzene rings is 3. The number of hydrogen-bond acceptors (Lipinski definition) is 6. The zero-order valence-corrected chi connectivity index (χ0v) is 20.7. The molecule has 0 atom stereocenters. The number of sulfonamides is 1. The van der Waals surface area contributed by atoms with Gasteiger partial charge in [0.2, 0.25) is 5.95 Å². The van der Waals surface area contributed by atoms with Crippen molar-refractivity contribution in [2.45, 2.75) is 4.90 Å². The van der Waals surface area contributed by atoms with Gasteiger partial charge < -0.3 is 4.74 Å². The Morgan fingerprint density at radius 2 is 1.68 bits per heavy atom. The van der Waals surface area contributed by atoms with Gasteiger partial charge in [0.1, 0.15) is 11.6 Å². The molecular weight excluding hydrogens is 522 g/mol. The fourth-order valence-electron chi connectivity index (χ4n) is 3.87. The van der Waals surface area contributed by atoms with Crippen molar-refractivity contribution in [3.8, 4) is 28.1 Å². The number of anilines is 1. The molecule has 0 bridgehead atoms. The topological polar surface area (TPSA) is 94.1 Å². The van der Waals surface area contributed by atoms with E-state index in [1.807, 2.05) is 0 Å². The Bertz CT molecular complexity index is 1750. The summed E-state index contributed by atoms with van der Waals surface area (Å²) >= 11 is 6.59. The van der Waals surface area contributed by atoms with E-state index in [0.717, 1.165) is 12.4 Å². The highest BCUT2D eigenvalue weighted by atomic mass is 35.5.